The molecule has 2 unspecified atom stereocenters. The Labute approximate surface area is 224 Å². The first-order chi connectivity index (χ1) is 17.1. The summed E-state index contributed by atoms with van der Waals surface area (Å²) in [5.74, 6) is -0.739. The second-order valence-electron chi connectivity index (χ2n) is 11.5. The molecule has 1 aromatic carbocycles. The Hall–Kier alpha value is -2.67. The number of hydrogen-bond donors (Lipinski definition) is 2. The molecule has 1 rings (SSSR count). The molecule has 0 spiro atoms. The molecule has 0 fully saturated rings. The highest BCUT2D eigenvalue weighted by atomic mass is 16.5. The number of amides is 2. The number of esters is 1. The van der Waals surface area contributed by atoms with Gasteiger partial charge < -0.3 is 20.3 Å². The predicted octanol–water partition coefficient (Wildman–Crippen LogP) is 4.47. The molecular formula is C30H49N3O4. The number of hydrogen-bond acceptors (Lipinski definition) is 5. The molecule has 0 aliphatic rings. The lowest BCUT2D eigenvalue weighted by Gasteiger charge is -2.40. The van der Waals surface area contributed by atoms with Gasteiger partial charge in [0.1, 0.15) is 6.04 Å². The first kappa shape index (κ1) is 32.4. The number of ether oxygens (including phenoxy) is 1. The Morgan fingerprint density at radius 2 is 1.59 bits per heavy atom. The fourth-order valence-electron chi connectivity index (χ4n) is 4.55. The van der Waals surface area contributed by atoms with Crippen LogP contribution in [0.15, 0.2) is 42.0 Å². The first-order valence-electron chi connectivity index (χ1n) is 13.3. The van der Waals surface area contributed by atoms with E-state index in [4.69, 9.17) is 4.74 Å². The summed E-state index contributed by atoms with van der Waals surface area (Å²) in [4.78, 5) is 41.5. The molecule has 0 aliphatic heterocycles. The van der Waals surface area contributed by atoms with Crippen molar-refractivity contribution in [1.29, 1.82) is 0 Å². The van der Waals surface area contributed by atoms with Gasteiger partial charge in [0.2, 0.25) is 11.8 Å². The molecule has 0 saturated heterocycles. The van der Waals surface area contributed by atoms with Crippen LogP contribution in [0.1, 0.15) is 74.3 Å². The van der Waals surface area contributed by atoms with Crippen LogP contribution in [-0.2, 0) is 24.5 Å². The first-order valence-corrected chi connectivity index (χ1v) is 13.3. The minimum Gasteiger partial charge on any atom is -0.463 e. The van der Waals surface area contributed by atoms with Crippen LogP contribution in [-0.4, -0.2) is 61.5 Å². The Morgan fingerprint density at radius 1 is 1.03 bits per heavy atom. The van der Waals surface area contributed by atoms with Crippen LogP contribution < -0.4 is 10.6 Å². The van der Waals surface area contributed by atoms with Gasteiger partial charge in [0.15, 0.2) is 0 Å². The summed E-state index contributed by atoms with van der Waals surface area (Å²) in [6, 6.07) is 8.22. The fraction of sp³-hybridized carbons (Fsp3) is 0.633. The summed E-state index contributed by atoms with van der Waals surface area (Å²) in [5, 5.41) is 6.24. The van der Waals surface area contributed by atoms with Crippen molar-refractivity contribution >= 4 is 17.8 Å². The summed E-state index contributed by atoms with van der Waals surface area (Å²) in [6.07, 6.45) is 2.62. The van der Waals surface area contributed by atoms with E-state index in [-0.39, 0.29) is 30.4 Å². The average molecular weight is 516 g/mol. The number of rotatable bonds is 12. The number of benzene rings is 1. The van der Waals surface area contributed by atoms with Crippen molar-refractivity contribution in [2.24, 2.45) is 11.3 Å². The third kappa shape index (κ3) is 8.42. The minimum absolute atomic E-state index is 0.0942. The van der Waals surface area contributed by atoms with Crippen molar-refractivity contribution in [2.45, 2.75) is 92.3 Å². The highest BCUT2D eigenvalue weighted by Gasteiger charge is 2.41. The Kier molecular flexibility index (Phi) is 12.0. The predicted molar refractivity (Wildman–Crippen MR) is 150 cm³/mol. The van der Waals surface area contributed by atoms with E-state index in [1.54, 1.807) is 38.9 Å². The highest BCUT2D eigenvalue weighted by molar-refractivity contribution is 5.92. The van der Waals surface area contributed by atoms with Gasteiger partial charge >= 0.3 is 5.97 Å². The molecule has 0 aromatic heterocycles. The standard InChI is InChI=1S/C30H49N3O4/c1-12-20(3)23(19-21(4)28(36)37-13-2)33(11)27(35)25(29(5,6)7)32-26(34)24(31-10)30(8,9)22-17-15-14-16-18-22/h14-20,23-25,31H,12-13H2,1-11H3,(H,32,34)/t20?,23-,24?,25-/m1/s1. The zero-order valence-electron chi connectivity index (χ0n) is 24.8. The topological polar surface area (TPSA) is 87.7 Å². The number of carbonyl (C=O) groups excluding carboxylic acids is 3. The van der Waals surface area contributed by atoms with Gasteiger partial charge in [-0.25, -0.2) is 4.79 Å². The molecule has 208 valence electrons. The molecule has 7 heteroatoms. The molecule has 1 aromatic rings. The molecule has 0 aliphatic carbocycles. The summed E-state index contributed by atoms with van der Waals surface area (Å²) < 4.78 is 5.14. The van der Waals surface area contributed by atoms with Gasteiger partial charge in [-0.15, -0.1) is 0 Å². The van der Waals surface area contributed by atoms with Crippen LogP contribution in [0.2, 0.25) is 0 Å². The summed E-state index contributed by atoms with van der Waals surface area (Å²) in [5.41, 5.74) is 0.423. The van der Waals surface area contributed by atoms with E-state index in [1.165, 1.54) is 0 Å². The van der Waals surface area contributed by atoms with Crippen LogP contribution in [0, 0.1) is 11.3 Å². The van der Waals surface area contributed by atoms with Gasteiger partial charge in [0.25, 0.3) is 0 Å². The molecule has 2 N–H and O–H groups in total. The SMILES string of the molecule is CCOC(=O)C(C)=C[C@H](C(C)CC)N(C)C(=O)[C@@H](NC(=O)C(NC)C(C)(C)c1ccccc1)C(C)(C)C. The number of likely N-dealkylation sites (N-methyl/N-ethyl adjacent to an activating group) is 2. The molecule has 0 bridgehead atoms. The lowest BCUT2D eigenvalue weighted by Crippen LogP contribution is -2.61. The highest BCUT2D eigenvalue weighted by Crippen LogP contribution is 2.29. The smallest absolute Gasteiger partial charge is 0.333 e. The van der Waals surface area contributed by atoms with Crippen molar-refractivity contribution in [3.05, 3.63) is 47.5 Å². The Morgan fingerprint density at radius 3 is 2.05 bits per heavy atom. The zero-order chi connectivity index (χ0) is 28.6. The van der Waals surface area contributed by atoms with Crippen molar-refractivity contribution in [1.82, 2.24) is 15.5 Å². The van der Waals surface area contributed by atoms with Crippen LogP contribution in [0.3, 0.4) is 0 Å². The van der Waals surface area contributed by atoms with Crippen molar-refractivity contribution in [3.8, 4) is 0 Å². The number of carbonyl (C=O) groups is 3. The zero-order valence-corrected chi connectivity index (χ0v) is 24.8. The summed E-state index contributed by atoms with van der Waals surface area (Å²) in [6.45, 7) is 17.7. The minimum atomic E-state index is -0.768. The van der Waals surface area contributed by atoms with E-state index >= 15 is 0 Å². The van der Waals surface area contributed by atoms with E-state index in [2.05, 4.69) is 17.6 Å². The van der Waals surface area contributed by atoms with E-state index in [9.17, 15) is 14.4 Å². The second-order valence-corrected chi connectivity index (χ2v) is 11.5. The normalized spacial score (nSPS) is 15.8. The van der Waals surface area contributed by atoms with Crippen LogP contribution in [0.5, 0.6) is 0 Å². The van der Waals surface area contributed by atoms with Gasteiger partial charge in [-0.1, -0.05) is 91.3 Å². The number of nitrogens with zero attached hydrogens (tertiary/aromatic N) is 1. The maximum absolute atomic E-state index is 13.9. The van der Waals surface area contributed by atoms with Crippen molar-refractivity contribution < 1.29 is 19.1 Å². The fourth-order valence-corrected chi connectivity index (χ4v) is 4.55. The maximum atomic E-state index is 13.9. The van der Waals surface area contributed by atoms with Crippen LogP contribution in [0.25, 0.3) is 0 Å². The van der Waals surface area contributed by atoms with Gasteiger partial charge in [0.05, 0.1) is 18.7 Å². The molecule has 0 saturated carbocycles. The molecular weight excluding hydrogens is 466 g/mol. The summed E-state index contributed by atoms with van der Waals surface area (Å²) >= 11 is 0. The number of nitrogens with one attached hydrogen (secondary N) is 2. The lowest BCUT2D eigenvalue weighted by atomic mass is 9.76. The van der Waals surface area contributed by atoms with Gasteiger partial charge in [-0.3, -0.25) is 9.59 Å². The third-order valence-electron chi connectivity index (χ3n) is 7.23. The second kappa shape index (κ2) is 13.8. The molecule has 4 atom stereocenters. The molecule has 2 amide bonds. The Balaban J connectivity index is 3.33. The van der Waals surface area contributed by atoms with Crippen molar-refractivity contribution in [2.75, 3.05) is 20.7 Å². The van der Waals surface area contributed by atoms with E-state index in [1.807, 2.05) is 71.9 Å². The van der Waals surface area contributed by atoms with E-state index < -0.39 is 28.9 Å². The summed E-state index contributed by atoms with van der Waals surface area (Å²) in [7, 11) is 3.50. The quantitative estimate of drug-likeness (QED) is 0.317. The largest absolute Gasteiger partial charge is 0.463 e. The van der Waals surface area contributed by atoms with E-state index in [0.29, 0.717) is 5.57 Å². The molecule has 0 radical (unpaired) electrons. The Bertz CT molecular complexity index is 934. The molecule has 7 nitrogen and oxygen atoms in total. The van der Waals surface area contributed by atoms with Gasteiger partial charge in [0, 0.05) is 18.0 Å². The van der Waals surface area contributed by atoms with Crippen LogP contribution in [0.4, 0.5) is 0 Å². The lowest BCUT2D eigenvalue weighted by molar-refractivity contribution is -0.141. The third-order valence-corrected chi connectivity index (χ3v) is 7.23. The average Bonchev–Trinajstić information content (AvgIpc) is 2.84. The molecule has 37 heavy (non-hydrogen) atoms. The van der Waals surface area contributed by atoms with Crippen molar-refractivity contribution in [3.63, 3.8) is 0 Å². The molecule has 0 heterocycles. The van der Waals surface area contributed by atoms with Gasteiger partial charge in [-0.2, -0.15) is 0 Å². The van der Waals surface area contributed by atoms with Gasteiger partial charge in [-0.05, 0) is 37.8 Å². The maximum Gasteiger partial charge on any atom is 0.333 e. The van der Waals surface area contributed by atoms with E-state index in [0.717, 1.165) is 12.0 Å². The van der Waals surface area contributed by atoms with Crippen LogP contribution >= 0.6 is 0 Å². The monoisotopic (exact) mass is 515 g/mol.